The van der Waals surface area contributed by atoms with Crippen LogP contribution in [0.2, 0.25) is 0 Å². The number of nitrogens with zero attached hydrogens (tertiary/aromatic N) is 2. The second kappa shape index (κ2) is 5.63. The Morgan fingerprint density at radius 3 is 2.78 bits per heavy atom. The van der Waals surface area contributed by atoms with Crippen LogP contribution in [-0.4, -0.2) is 16.1 Å². The summed E-state index contributed by atoms with van der Waals surface area (Å²) in [5.74, 6) is 1.59. The molecule has 0 aliphatic heterocycles. The standard InChI is InChI=1S/C14H21FN2O/c1-9(2)11-5-4-10(3)6-12(11)18-14-7-13(15)16-8-17-14/h7-12H,4-6H2,1-3H3. The predicted molar refractivity (Wildman–Crippen MR) is 67.7 cm³/mol. The maximum absolute atomic E-state index is 13.0. The highest BCUT2D eigenvalue weighted by Gasteiger charge is 2.32. The van der Waals surface area contributed by atoms with Gasteiger partial charge in [-0.05, 0) is 30.6 Å². The predicted octanol–water partition coefficient (Wildman–Crippen LogP) is 3.46. The average Bonchev–Trinajstić information content (AvgIpc) is 2.28. The molecule has 1 saturated carbocycles. The lowest BCUT2D eigenvalue weighted by molar-refractivity contribution is 0.0422. The first-order valence-electron chi connectivity index (χ1n) is 6.70. The molecule has 0 saturated heterocycles. The fraction of sp³-hybridized carbons (Fsp3) is 0.714. The van der Waals surface area contributed by atoms with E-state index in [0.717, 1.165) is 6.42 Å². The first-order valence-corrected chi connectivity index (χ1v) is 6.70. The van der Waals surface area contributed by atoms with Crippen LogP contribution in [0.4, 0.5) is 4.39 Å². The zero-order valence-electron chi connectivity index (χ0n) is 11.3. The van der Waals surface area contributed by atoms with Crippen LogP contribution in [0.3, 0.4) is 0 Å². The van der Waals surface area contributed by atoms with E-state index in [2.05, 4.69) is 30.7 Å². The van der Waals surface area contributed by atoms with Crippen LogP contribution in [0, 0.1) is 23.7 Å². The van der Waals surface area contributed by atoms with Gasteiger partial charge in [0.15, 0.2) is 0 Å². The van der Waals surface area contributed by atoms with Crippen LogP contribution < -0.4 is 4.74 Å². The second-order valence-corrected chi connectivity index (χ2v) is 5.66. The van der Waals surface area contributed by atoms with E-state index in [1.807, 2.05) is 0 Å². The molecule has 100 valence electrons. The van der Waals surface area contributed by atoms with Crippen LogP contribution in [0.1, 0.15) is 40.0 Å². The molecule has 18 heavy (non-hydrogen) atoms. The maximum atomic E-state index is 13.0. The van der Waals surface area contributed by atoms with Crippen molar-refractivity contribution in [1.82, 2.24) is 9.97 Å². The lowest BCUT2D eigenvalue weighted by Gasteiger charge is -2.36. The Labute approximate surface area is 108 Å². The zero-order chi connectivity index (χ0) is 13.1. The van der Waals surface area contributed by atoms with Crippen molar-refractivity contribution < 1.29 is 9.13 Å². The third kappa shape index (κ3) is 3.18. The summed E-state index contributed by atoms with van der Waals surface area (Å²) in [6.07, 6.45) is 4.80. The molecular formula is C14H21FN2O. The van der Waals surface area contributed by atoms with E-state index < -0.39 is 5.95 Å². The molecule has 0 amide bonds. The molecule has 1 aliphatic carbocycles. The van der Waals surface area contributed by atoms with Crippen molar-refractivity contribution in [3.8, 4) is 5.88 Å². The number of hydrogen-bond donors (Lipinski definition) is 0. The summed E-state index contributed by atoms with van der Waals surface area (Å²) in [6.45, 7) is 6.68. The Bertz CT molecular complexity index is 397. The molecule has 3 unspecified atom stereocenters. The number of rotatable bonds is 3. The van der Waals surface area contributed by atoms with Gasteiger partial charge in [0.1, 0.15) is 12.4 Å². The van der Waals surface area contributed by atoms with Gasteiger partial charge in [0, 0.05) is 0 Å². The molecule has 3 atom stereocenters. The van der Waals surface area contributed by atoms with Gasteiger partial charge in [0.05, 0.1) is 6.07 Å². The normalized spacial score (nSPS) is 28.4. The summed E-state index contributed by atoms with van der Waals surface area (Å²) in [5.41, 5.74) is 0. The molecule has 0 aromatic carbocycles. The molecule has 4 heteroatoms. The summed E-state index contributed by atoms with van der Waals surface area (Å²) in [7, 11) is 0. The molecule has 1 aliphatic rings. The number of halogens is 1. The smallest absolute Gasteiger partial charge is 0.219 e. The van der Waals surface area contributed by atoms with Crippen molar-refractivity contribution in [3.63, 3.8) is 0 Å². The molecule has 0 spiro atoms. The minimum atomic E-state index is -0.537. The van der Waals surface area contributed by atoms with E-state index in [-0.39, 0.29) is 6.10 Å². The molecule has 1 aromatic rings. The van der Waals surface area contributed by atoms with Crippen LogP contribution >= 0.6 is 0 Å². The molecule has 0 N–H and O–H groups in total. The van der Waals surface area contributed by atoms with E-state index in [0.29, 0.717) is 23.6 Å². The topological polar surface area (TPSA) is 35.0 Å². The third-order valence-corrected chi connectivity index (χ3v) is 3.84. The Morgan fingerprint density at radius 2 is 2.11 bits per heavy atom. The van der Waals surface area contributed by atoms with E-state index in [9.17, 15) is 4.39 Å². The van der Waals surface area contributed by atoms with Gasteiger partial charge >= 0.3 is 0 Å². The summed E-state index contributed by atoms with van der Waals surface area (Å²) >= 11 is 0. The van der Waals surface area contributed by atoms with Crippen LogP contribution in [0.25, 0.3) is 0 Å². The highest BCUT2D eigenvalue weighted by molar-refractivity contribution is 5.07. The molecule has 1 fully saturated rings. The monoisotopic (exact) mass is 252 g/mol. The van der Waals surface area contributed by atoms with Gasteiger partial charge in [0.2, 0.25) is 11.8 Å². The van der Waals surface area contributed by atoms with E-state index >= 15 is 0 Å². The lowest BCUT2D eigenvalue weighted by Crippen LogP contribution is -2.36. The van der Waals surface area contributed by atoms with E-state index in [1.165, 1.54) is 25.2 Å². The van der Waals surface area contributed by atoms with Crippen molar-refractivity contribution in [1.29, 1.82) is 0 Å². The van der Waals surface area contributed by atoms with Gasteiger partial charge < -0.3 is 4.74 Å². The number of ether oxygens (including phenoxy) is 1. The SMILES string of the molecule is CC1CCC(C(C)C)C(Oc2cc(F)ncn2)C1. The van der Waals surface area contributed by atoms with Crippen molar-refractivity contribution in [3.05, 3.63) is 18.3 Å². The largest absolute Gasteiger partial charge is 0.474 e. The fourth-order valence-electron chi connectivity index (χ4n) is 2.79. The quantitative estimate of drug-likeness (QED) is 0.773. The van der Waals surface area contributed by atoms with Gasteiger partial charge in [-0.25, -0.2) is 9.97 Å². The first kappa shape index (κ1) is 13.2. The molecule has 0 bridgehead atoms. The zero-order valence-corrected chi connectivity index (χ0v) is 11.3. The van der Waals surface area contributed by atoms with Gasteiger partial charge in [-0.1, -0.05) is 27.2 Å². The molecule has 1 heterocycles. The fourth-order valence-corrected chi connectivity index (χ4v) is 2.79. The average molecular weight is 252 g/mol. The molecular weight excluding hydrogens is 231 g/mol. The van der Waals surface area contributed by atoms with Gasteiger partial charge in [-0.2, -0.15) is 4.39 Å². The third-order valence-electron chi connectivity index (χ3n) is 3.84. The molecule has 1 aromatic heterocycles. The minimum absolute atomic E-state index is 0.142. The highest BCUT2D eigenvalue weighted by Crippen LogP contribution is 2.35. The van der Waals surface area contributed by atoms with Gasteiger partial charge in [-0.3, -0.25) is 0 Å². The minimum Gasteiger partial charge on any atom is -0.474 e. The van der Waals surface area contributed by atoms with Crippen molar-refractivity contribution in [2.24, 2.45) is 17.8 Å². The molecule has 2 rings (SSSR count). The Balaban J connectivity index is 2.08. The van der Waals surface area contributed by atoms with Gasteiger partial charge in [0.25, 0.3) is 0 Å². The van der Waals surface area contributed by atoms with E-state index in [1.54, 1.807) is 0 Å². The van der Waals surface area contributed by atoms with Crippen LogP contribution in [-0.2, 0) is 0 Å². The van der Waals surface area contributed by atoms with Crippen LogP contribution in [0.5, 0.6) is 5.88 Å². The summed E-state index contributed by atoms with van der Waals surface area (Å²) in [5, 5.41) is 0. The van der Waals surface area contributed by atoms with Gasteiger partial charge in [-0.15, -0.1) is 0 Å². The van der Waals surface area contributed by atoms with E-state index in [4.69, 9.17) is 4.74 Å². The van der Waals surface area contributed by atoms with Crippen molar-refractivity contribution in [2.45, 2.75) is 46.1 Å². The highest BCUT2D eigenvalue weighted by atomic mass is 19.1. The van der Waals surface area contributed by atoms with Crippen LogP contribution in [0.15, 0.2) is 12.4 Å². The Hall–Kier alpha value is -1.19. The summed E-state index contributed by atoms with van der Waals surface area (Å²) < 4.78 is 18.9. The first-order chi connectivity index (χ1) is 8.56. The summed E-state index contributed by atoms with van der Waals surface area (Å²) in [6, 6.07) is 1.26. The number of aromatic nitrogens is 2. The van der Waals surface area contributed by atoms with Crippen molar-refractivity contribution >= 4 is 0 Å². The Morgan fingerprint density at radius 1 is 1.33 bits per heavy atom. The number of hydrogen-bond acceptors (Lipinski definition) is 3. The molecule has 0 radical (unpaired) electrons. The molecule has 3 nitrogen and oxygen atoms in total. The summed E-state index contributed by atoms with van der Waals surface area (Å²) in [4.78, 5) is 7.42. The Kier molecular flexibility index (Phi) is 4.15. The van der Waals surface area contributed by atoms with Crippen molar-refractivity contribution in [2.75, 3.05) is 0 Å². The second-order valence-electron chi connectivity index (χ2n) is 5.66. The lowest BCUT2D eigenvalue weighted by atomic mass is 9.75. The maximum Gasteiger partial charge on any atom is 0.219 e.